The molecule has 2 rings (SSSR count). The van der Waals surface area contributed by atoms with E-state index in [0.717, 1.165) is 0 Å². The molecule has 0 aliphatic rings. The molecule has 0 saturated carbocycles. The summed E-state index contributed by atoms with van der Waals surface area (Å²) in [6, 6.07) is 2.46. The Balaban J connectivity index is 2.27. The van der Waals surface area contributed by atoms with Crippen LogP contribution in [0.25, 0.3) is 11.0 Å². The number of hydrogen-bond acceptors (Lipinski definition) is 8. The Morgan fingerprint density at radius 3 is 2.75 bits per heavy atom. The average Bonchev–Trinajstić information content (AvgIpc) is 2.85. The van der Waals surface area contributed by atoms with Crippen molar-refractivity contribution in [1.29, 1.82) is 0 Å². The van der Waals surface area contributed by atoms with Gasteiger partial charge in [0, 0.05) is 12.6 Å². The van der Waals surface area contributed by atoms with Crippen LogP contribution in [0.5, 0.6) is 0 Å². The third-order valence-electron chi connectivity index (χ3n) is 2.58. The van der Waals surface area contributed by atoms with E-state index in [1.54, 1.807) is 0 Å². The fourth-order valence-electron chi connectivity index (χ4n) is 1.56. The van der Waals surface area contributed by atoms with Crippen LogP contribution in [0.1, 0.15) is 10.4 Å². The van der Waals surface area contributed by atoms with Gasteiger partial charge in [-0.1, -0.05) is 0 Å². The van der Waals surface area contributed by atoms with Gasteiger partial charge in [-0.25, -0.2) is 9.42 Å². The van der Waals surface area contributed by atoms with Crippen molar-refractivity contribution in [3.63, 3.8) is 0 Å². The quantitative estimate of drug-likeness (QED) is 0.450. The highest BCUT2D eigenvalue weighted by atomic mass is 16.6. The van der Waals surface area contributed by atoms with Gasteiger partial charge in [0.1, 0.15) is 6.61 Å². The first-order valence-corrected chi connectivity index (χ1v) is 5.72. The molecule has 20 heavy (non-hydrogen) atoms. The number of nitrogens with zero attached hydrogens (tertiary/aromatic N) is 4. The van der Waals surface area contributed by atoms with Crippen molar-refractivity contribution in [2.24, 2.45) is 0 Å². The lowest BCUT2D eigenvalue weighted by Gasteiger charge is -2.09. The molecule has 9 nitrogen and oxygen atoms in total. The number of carbonyl (C=O) groups excluding carboxylic acids is 1. The van der Waals surface area contributed by atoms with E-state index in [1.165, 1.54) is 12.1 Å². The summed E-state index contributed by atoms with van der Waals surface area (Å²) >= 11 is 0. The highest BCUT2D eigenvalue weighted by Crippen LogP contribution is 2.25. The Morgan fingerprint density at radius 1 is 1.40 bits per heavy atom. The van der Waals surface area contributed by atoms with Crippen molar-refractivity contribution in [3.8, 4) is 0 Å². The van der Waals surface area contributed by atoms with Crippen LogP contribution in [0.4, 0.5) is 5.69 Å². The lowest BCUT2D eigenvalue weighted by atomic mass is 10.1. The van der Waals surface area contributed by atoms with E-state index in [-0.39, 0.29) is 28.9 Å². The zero-order valence-corrected chi connectivity index (χ0v) is 10.9. The number of aromatic nitrogens is 2. The van der Waals surface area contributed by atoms with E-state index in [4.69, 9.17) is 4.74 Å². The van der Waals surface area contributed by atoms with Gasteiger partial charge in [0.05, 0.1) is 10.5 Å². The zero-order valence-electron chi connectivity index (χ0n) is 10.9. The van der Waals surface area contributed by atoms with E-state index in [1.807, 2.05) is 19.0 Å². The molecule has 1 heterocycles. The largest absolute Gasteiger partial charge is 0.461 e. The highest BCUT2D eigenvalue weighted by Gasteiger charge is 2.23. The van der Waals surface area contributed by atoms with Gasteiger partial charge in [-0.3, -0.25) is 10.1 Å². The minimum Gasteiger partial charge on any atom is -0.461 e. The predicted octanol–water partition coefficient (Wildman–Crippen LogP) is 0.849. The van der Waals surface area contributed by atoms with Gasteiger partial charge >= 0.3 is 11.7 Å². The number of carbonyl (C=O) groups is 1. The van der Waals surface area contributed by atoms with Crippen molar-refractivity contribution in [1.82, 2.24) is 15.2 Å². The Hall–Kier alpha value is -2.55. The molecular formula is C11H12N4O5. The number of esters is 1. The van der Waals surface area contributed by atoms with Crippen LogP contribution in [0.15, 0.2) is 16.8 Å². The van der Waals surface area contributed by atoms with Gasteiger partial charge in [0.15, 0.2) is 5.52 Å². The lowest BCUT2D eigenvalue weighted by molar-refractivity contribution is -0.383. The van der Waals surface area contributed by atoms with Crippen LogP contribution in [-0.4, -0.2) is 53.4 Å². The highest BCUT2D eigenvalue weighted by molar-refractivity contribution is 6.03. The number of rotatable bonds is 5. The smallest absolute Gasteiger partial charge is 0.340 e. The predicted molar refractivity (Wildman–Crippen MR) is 67.3 cm³/mol. The van der Waals surface area contributed by atoms with Crippen molar-refractivity contribution in [2.45, 2.75) is 0 Å². The third-order valence-corrected chi connectivity index (χ3v) is 2.58. The standard InChI is InChI=1S/C11H12N4O5/c1-14(2)5-6-19-11(16)7-3-4-8(15(17)18)10-9(7)12-20-13-10/h3-4H,5-6H2,1-2H3. The first kappa shape index (κ1) is 13.9. The number of hydrogen-bond donors (Lipinski definition) is 0. The van der Waals surface area contributed by atoms with Gasteiger partial charge in [-0.15, -0.1) is 0 Å². The van der Waals surface area contributed by atoms with E-state index >= 15 is 0 Å². The maximum atomic E-state index is 11.9. The molecule has 1 aromatic carbocycles. The minimum absolute atomic E-state index is 0.0223. The van der Waals surface area contributed by atoms with Crippen molar-refractivity contribution < 1.29 is 19.1 Å². The van der Waals surface area contributed by atoms with Gasteiger partial charge in [0.2, 0.25) is 5.52 Å². The van der Waals surface area contributed by atoms with E-state index < -0.39 is 10.9 Å². The summed E-state index contributed by atoms with van der Waals surface area (Å²) in [4.78, 5) is 24.0. The van der Waals surface area contributed by atoms with Crippen LogP contribution in [0, 0.1) is 10.1 Å². The second kappa shape index (κ2) is 5.61. The Bertz CT molecular complexity index is 651. The molecule has 0 aliphatic carbocycles. The van der Waals surface area contributed by atoms with Crippen molar-refractivity contribution in [3.05, 3.63) is 27.8 Å². The minimum atomic E-state index is -0.623. The van der Waals surface area contributed by atoms with E-state index in [0.29, 0.717) is 6.54 Å². The van der Waals surface area contributed by atoms with Gasteiger partial charge in [-0.05, 0) is 30.5 Å². The number of non-ortho nitro benzene ring substituents is 1. The van der Waals surface area contributed by atoms with Crippen LogP contribution >= 0.6 is 0 Å². The molecule has 0 N–H and O–H groups in total. The van der Waals surface area contributed by atoms with Crippen molar-refractivity contribution >= 4 is 22.7 Å². The first-order valence-electron chi connectivity index (χ1n) is 5.72. The average molecular weight is 280 g/mol. The maximum Gasteiger partial charge on any atom is 0.340 e. The number of likely N-dealkylation sites (N-methyl/N-ethyl adjacent to an activating group) is 1. The van der Waals surface area contributed by atoms with Crippen LogP contribution in [0.2, 0.25) is 0 Å². The molecule has 0 saturated heterocycles. The summed E-state index contributed by atoms with van der Waals surface area (Å²) in [6.45, 7) is 0.772. The number of nitro benzene ring substituents is 1. The third kappa shape index (κ3) is 2.72. The molecule has 0 unspecified atom stereocenters. The molecule has 106 valence electrons. The molecule has 9 heteroatoms. The second-order valence-corrected chi connectivity index (χ2v) is 4.29. The molecule has 0 atom stereocenters. The van der Waals surface area contributed by atoms with Crippen LogP contribution in [0.3, 0.4) is 0 Å². The molecule has 0 spiro atoms. The molecule has 2 aromatic rings. The molecule has 0 aliphatic heterocycles. The summed E-state index contributed by atoms with van der Waals surface area (Å²) in [5, 5.41) is 17.8. The SMILES string of the molecule is CN(C)CCOC(=O)c1ccc([N+](=O)[O-])c2nonc12. The van der Waals surface area contributed by atoms with Crippen LogP contribution in [-0.2, 0) is 4.74 Å². The summed E-state index contributed by atoms with van der Waals surface area (Å²) < 4.78 is 9.53. The van der Waals surface area contributed by atoms with Gasteiger partial charge in [-0.2, -0.15) is 0 Å². The zero-order chi connectivity index (χ0) is 14.7. The normalized spacial score (nSPS) is 10.9. The fraction of sp³-hybridized carbons (Fsp3) is 0.364. The molecular weight excluding hydrogens is 268 g/mol. The molecule has 0 radical (unpaired) electrons. The second-order valence-electron chi connectivity index (χ2n) is 4.29. The summed E-state index contributed by atoms with van der Waals surface area (Å²) in [7, 11) is 3.69. The summed E-state index contributed by atoms with van der Waals surface area (Å²) in [5.41, 5.74) is -0.234. The van der Waals surface area contributed by atoms with Crippen LogP contribution < -0.4 is 0 Å². The summed E-state index contributed by atoms with van der Waals surface area (Å²) in [6.07, 6.45) is 0. The first-order chi connectivity index (χ1) is 9.50. The Labute approximate surface area is 113 Å². The number of fused-ring (bicyclic) bond motifs is 1. The fourth-order valence-corrected chi connectivity index (χ4v) is 1.56. The van der Waals surface area contributed by atoms with Crippen molar-refractivity contribution in [2.75, 3.05) is 27.2 Å². The van der Waals surface area contributed by atoms with Gasteiger partial charge in [0.25, 0.3) is 0 Å². The topological polar surface area (TPSA) is 112 Å². The lowest BCUT2D eigenvalue weighted by Crippen LogP contribution is -2.20. The molecule has 1 aromatic heterocycles. The molecule has 0 fully saturated rings. The summed E-state index contributed by atoms with van der Waals surface area (Å²) in [5.74, 6) is -0.623. The molecule has 0 bridgehead atoms. The maximum absolute atomic E-state index is 11.9. The van der Waals surface area contributed by atoms with E-state index in [2.05, 4.69) is 14.9 Å². The molecule has 0 amide bonds. The Morgan fingerprint density at radius 2 is 2.10 bits per heavy atom. The monoisotopic (exact) mass is 280 g/mol. The number of nitro groups is 1. The van der Waals surface area contributed by atoms with Gasteiger partial charge < -0.3 is 9.64 Å². The van der Waals surface area contributed by atoms with E-state index in [9.17, 15) is 14.9 Å². The number of ether oxygens (including phenoxy) is 1. The Kier molecular flexibility index (Phi) is 3.89. The number of benzene rings is 1.